The first kappa shape index (κ1) is 17.3. The van der Waals surface area contributed by atoms with Crippen molar-refractivity contribution in [3.63, 3.8) is 0 Å². The molecule has 0 unspecified atom stereocenters. The maximum Gasteiger partial charge on any atom is 0.193 e. The number of ether oxygens (including phenoxy) is 1. The van der Waals surface area contributed by atoms with E-state index in [2.05, 4.69) is 10.2 Å². The number of phenolic OH excluding ortho intramolecular Hbond substituents is 1. The van der Waals surface area contributed by atoms with Gasteiger partial charge in [-0.1, -0.05) is 0 Å². The van der Waals surface area contributed by atoms with Crippen LogP contribution in [0.2, 0.25) is 0 Å². The van der Waals surface area contributed by atoms with Crippen LogP contribution < -0.4 is 4.74 Å². The Morgan fingerprint density at radius 1 is 1.04 bits per heavy atom. The van der Waals surface area contributed by atoms with E-state index in [1.807, 2.05) is 39.1 Å². The molecule has 4 aromatic rings. The molecule has 140 valence electrons. The Hall–Kier alpha value is -3.09. The second-order valence-corrected chi connectivity index (χ2v) is 6.92. The van der Waals surface area contributed by atoms with Crippen LogP contribution in [0.1, 0.15) is 16.7 Å². The third-order valence-corrected chi connectivity index (χ3v) is 4.81. The van der Waals surface area contributed by atoms with Crippen LogP contribution in [0.5, 0.6) is 11.5 Å². The molecule has 0 fully saturated rings. The highest BCUT2D eigenvalue weighted by Gasteiger charge is 2.16. The summed E-state index contributed by atoms with van der Waals surface area (Å²) in [6.07, 6.45) is 3.69. The minimum atomic E-state index is -0.437. The Bertz CT molecular complexity index is 1180. The van der Waals surface area contributed by atoms with E-state index in [9.17, 15) is 9.50 Å². The first-order valence-corrected chi connectivity index (χ1v) is 8.76. The molecule has 0 bridgehead atoms. The SMILES string of the molecule is Cc1cc2cn(CCOc3c(C)cc4cn(C)nc4c3F)nc2c(C)c1O. The molecule has 0 spiro atoms. The number of phenols is 1. The maximum atomic E-state index is 14.7. The molecule has 0 aliphatic carbocycles. The molecule has 2 heterocycles. The van der Waals surface area contributed by atoms with E-state index in [-0.39, 0.29) is 18.1 Å². The van der Waals surface area contributed by atoms with E-state index in [1.165, 1.54) is 0 Å². The van der Waals surface area contributed by atoms with Crippen molar-refractivity contribution in [3.8, 4) is 11.5 Å². The van der Waals surface area contributed by atoms with Crippen LogP contribution in [-0.2, 0) is 13.6 Å². The molecule has 27 heavy (non-hydrogen) atoms. The highest BCUT2D eigenvalue weighted by molar-refractivity contribution is 5.84. The van der Waals surface area contributed by atoms with Crippen molar-refractivity contribution in [2.75, 3.05) is 6.61 Å². The van der Waals surface area contributed by atoms with Crippen LogP contribution in [-0.4, -0.2) is 31.3 Å². The fourth-order valence-corrected chi connectivity index (χ4v) is 3.44. The van der Waals surface area contributed by atoms with Crippen molar-refractivity contribution in [2.45, 2.75) is 27.3 Å². The van der Waals surface area contributed by atoms with Crippen molar-refractivity contribution in [1.29, 1.82) is 0 Å². The zero-order chi connectivity index (χ0) is 19.3. The topological polar surface area (TPSA) is 65.1 Å². The smallest absolute Gasteiger partial charge is 0.193 e. The molecule has 0 aliphatic rings. The van der Waals surface area contributed by atoms with Gasteiger partial charge in [0.15, 0.2) is 11.6 Å². The van der Waals surface area contributed by atoms with Gasteiger partial charge in [0.1, 0.15) is 17.9 Å². The summed E-state index contributed by atoms with van der Waals surface area (Å²) >= 11 is 0. The van der Waals surface area contributed by atoms with Gasteiger partial charge >= 0.3 is 0 Å². The zero-order valence-corrected chi connectivity index (χ0v) is 15.7. The van der Waals surface area contributed by atoms with Gasteiger partial charge in [0, 0.05) is 35.8 Å². The van der Waals surface area contributed by atoms with Crippen LogP contribution in [0.3, 0.4) is 0 Å². The molecule has 0 saturated carbocycles. The summed E-state index contributed by atoms with van der Waals surface area (Å²) in [5, 5.41) is 20.4. The third kappa shape index (κ3) is 2.89. The number of nitrogens with zero attached hydrogens (tertiary/aromatic N) is 4. The fourth-order valence-electron chi connectivity index (χ4n) is 3.44. The summed E-state index contributed by atoms with van der Waals surface area (Å²) in [6.45, 7) is 6.27. The normalized spacial score (nSPS) is 11.6. The predicted octanol–water partition coefficient (Wildman–Crippen LogP) is 3.77. The van der Waals surface area contributed by atoms with Crippen molar-refractivity contribution in [2.24, 2.45) is 7.05 Å². The molecule has 6 nitrogen and oxygen atoms in total. The minimum absolute atomic E-state index is 0.225. The third-order valence-electron chi connectivity index (χ3n) is 4.81. The van der Waals surface area contributed by atoms with E-state index in [4.69, 9.17) is 4.74 Å². The van der Waals surface area contributed by atoms with Gasteiger partial charge in [-0.15, -0.1) is 0 Å². The first-order valence-electron chi connectivity index (χ1n) is 8.76. The van der Waals surface area contributed by atoms with Gasteiger partial charge in [-0.2, -0.15) is 10.2 Å². The summed E-state index contributed by atoms with van der Waals surface area (Å²) in [5.74, 6) is 0.0561. The van der Waals surface area contributed by atoms with Gasteiger partial charge in [-0.25, -0.2) is 4.39 Å². The monoisotopic (exact) mass is 368 g/mol. The van der Waals surface area contributed by atoms with Crippen LogP contribution in [0.4, 0.5) is 4.39 Å². The average molecular weight is 368 g/mol. The van der Waals surface area contributed by atoms with Crippen LogP contribution >= 0.6 is 0 Å². The molecular formula is C20H21FN4O2. The Morgan fingerprint density at radius 3 is 2.52 bits per heavy atom. The molecule has 7 heteroatoms. The average Bonchev–Trinajstić information content (AvgIpc) is 3.18. The minimum Gasteiger partial charge on any atom is -0.507 e. The van der Waals surface area contributed by atoms with Gasteiger partial charge in [0.25, 0.3) is 0 Å². The van der Waals surface area contributed by atoms with Crippen LogP contribution in [0.15, 0.2) is 24.5 Å². The first-order chi connectivity index (χ1) is 12.8. The Labute approximate surface area is 155 Å². The largest absolute Gasteiger partial charge is 0.507 e. The molecule has 2 aromatic carbocycles. The molecule has 4 rings (SSSR count). The molecular weight excluding hydrogens is 347 g/mol. The van der Waals surface area contributed by atoms with Crippen molar-refractivity contribution < 1.29 is 14.2 Å². The fraction of sp³-hybridized carbons (Fsp3) is 0.300. The highest BCUT2D eigenvalue weighted by atomic mass is 19.1. The number of halogens is 1. The zero-order valence-electron chi connectivity index (χ0n) is 15.7. The van der Waals surface area contributed by atoms with E-state index in [0.29, 0.717) is 12.1 Å². The lowest BCUT2D eigenvalue weighted by Gasteiger charge is -2.10. The van der Waals surface area contributed by atoms with Gasteiger partial charge in [-0.3, -0.25) is 9.36 Å². The quantitative estimate of drug-likeness (QED) is 0.595. The van der Waals surface area contributed by atoms with Crippen molar-refractivity contribution in [3.05, 3.63) is 47.0 Å². The van der Waals surface area contributed by atoms with Gasteiger partial charge < -0.3 is 9.84 Å². The Kier molecular flexibility index (Phi) is 4.02. The lowest BCUT2D eigenvalue weighted by atomic mass is 10.1. The molecule has 0 saturated heterocycles. The molecule has 0 radical (unpaired) electrons. The molecule has 1 N–H and O–H groups in total. The predicted molar refractivity (Wildman–Crippen MR) is 102 cm³/mol. The molecule has 2 aromatic heterocycles. The summed E-state index contributed by atoms with van der Waals surface area (Å²) in [4.78, 5) is 0. The number of hydrogen-bond donors (Lipinski definition) is 1. The second kappa shape index (κ2) is 6.26. The van der Waals surface area contributed by atoms with Crippen LogP contribution in [0.25, 0.3) is 21.8 Å². The lowest BCUT2D eigenvalue weighted by Crippen LogP contribution is -2.10. The van der Waals surface area contributed by atoms with E-state index >= 15 is 0 Å². The van der Waals surface area contributed by atoms with E-state index in [1.54, 1.807) is 22.6 Å². The van der Waals surface area contributed by atoms with Crippen molar-refractivity contribution >= 4 is 21.8 Å². The van der Waals surface area contributed by atoms with Crippen molar-refractivity contribution in [1.82, 2.24) is 19.6 Å². The lowest BCUT2D eigenvalue weighted by molar-refractivity contribution is 0.278. The van der Waals surface area contributed by atoms with Gasteiger partial charge in [0.05, 0.1) is 12.1 Å². The van der Waals surface area contributed by atoms with Crippen LogP contribution in [0, 0.1) is 26.6 Å². The summed E-state index contributed by atoms with van der Waals surface area (Å²) in [6, 6.07) is 3.78. The Balaban J connectivity index is 1.56. The second-order valence-electron chi connectivity index (χ2n) is 6.92. The summed E-state index contributed by atoms with van der Waals surface area (Å²) < 4.78 is 23.8. The molecule has 0 aliphatic heterocycles. The maximum absolute atomic E-state index is 14.7. The molecule has 0 amide bonds. The van der Waals surface area contributed by atoms with E-state index in [0.717, 1.165) is 33.0 Å². The summed E-state index contributed by atoms with van der Waals surface area (Å²) in [5.41, 5.74) is 3.37. The highest BCUT2D eigenvalue weighted by Crippen LogP contribution is 2.30. The standard InChI is InChI=1S/C20H21FN4O2/c1-11-7-15-10-25(23-17(15)13(3)19(11)26)5-6-27-20-12(2)8-14-9-24(4)22-18(14)16(20)21/h7-10,26H,5-6H2,1-4H3. The Morgan fingerprint density at radius 2 is 1.74 bits per heavy atom. The number of rotatable bonds is 4. The number of aromatic hydroxyl groups is 1. The number of fused-ring (bicyclic) bond motifs is 2. The number of benzene rings is 2. The van der Waals surface area contributed by atoms with Gasteiger partial charge in [-0.05, 0) is 44.0 Å². The number of aromatic nitrogens is 4. The van der Waals surface area contributed by atoms with Gasteiger partial charge in [0.2, 0.25) is 0 Å². The molecule has 0 atom stereocenters. The summed E-state index contributed by atoms with van der Waals surface area (Å²) in [7, 11) is 1.76. The number of hydrogen-bond acceptors (Lipinski definition) is 4. The van der Waals surface area contributed by atoms with E-state index < -0.39 is 5.82 Å². The number of aryl methyl sites for hydroxylation is 4.